The molecule has 0 bridgehead atoms. The number of benzene rings is 6. The van der Waals surface area contributed by atoms with Crippen molar-refractivity contribution in [3.8, 4) is 44.5 Å². The average molecular weight is 491 g/mol. The highest BCUT2D eigenvalue weighted by Crippen LogP contribution is 2.36. The first-order valence-corrected chi connectivity index (χ1v) is 13.3. The van der Waals surface area contributed by atoms with Crippen LogP contribution in [0.1, 0.15) is 0 Å². The maximum Gasteiger partial charge on any atom is 0.0122 e. The molecule has 0 aliphatic heterocycles. The van der Waals surface area contributed by atoms with Crippen LogP contribution in [0.4, 0.5) is 0 Å². The predicted octanol–water partition coefficient (Wildman–Crippen LogP) is 10.5. The fourth-order valence-electron chi connectivity index (χ4n) is 4.75. The molecular formula is C36H26S. The zero-order chi connectivity index (χ0) is 24.9. The first-order valence-electron chi connectivity index (χ1n) is 12.5. The van der Waals surface area contributed by atoms with Crippen LogP contribution in [-0.4, -0.2) is 0 Å². The van der Waals surface area contributed by atoms with Crippen molar-refractivity contribution in [2.24, 2.45) is 0 Å². The minimum absolute atomic E-state index is 1.23. The fraction of sp³-hybridized carbons (Fsp3) is 0. The van der Waals surface area contributed by atoms with Crippen molar-refractivity contribution >= 4 is 11.8 Å². The molecule has 0 saturated carbocycles. The molecule has 0 N–H and O–H groups in total. The van der Waals surface area contributed by atoms with Gasteiger partial charge in [-0.2, -0.15) is 0 Å². The van der Waals surface area contributed by atoms with Gasteiger partial charge in [-0.1, -0.05) is 145 Å². The SMILES string of the molecule is c1ccc(-c2ccccc2-c2ccc(Sc3ccc(-c4ccccc4-c4ccccc4)cc3)cc2)cc1. The molecule has 1 heteroatoms. The lowest BCUT2D eigenvalue weighted by Crippen LogP contribution is -1.85. The van der Waals surface area contributed by atoms with E-state index in [1.54, 1.807) is 11.8 Å². The van der Waals surface area contributed by atoms with E-state index in [9.17, 15) is 0 Å². The van der Waals surface area contributed by atoms with E-state index in [-0.39, 0.29) is 0 Å². The van der Waals surface area contributed by atoms with Crippen LogP contribution < -0.4 is 0 Å². The first-order chi connectivity index (χ1) is 18.3. The molecule has 0 fully saturated rings. The van der Waals surface area contributed by atoms with Crippen LogP contribution in [0, 0.1) is 0 Å². The molecule has 6 aromatic carbocycles. The lowest BCUT2D eigenvalue weighted by Gasteiger charge is -2.12. The van der Waals surface area contributed by atoms with E-state index in [1.165, 1.54) is 54.3 Å². The maximum atomic E-state index is 2.23. The zero-order valence-corrected chi connectivity index (χ0v) is 21.2. The Morgan fingerprint density at radius 2 is 0.514 bits per heavy atom. The van der Waals surface area contributed by atoms with Gasteiger partial charge in [0.15, 0.2) is 0 Å². The van der Waals surface area contributed by atoms with Gasteiger partial charge in [0.2, 0.25) is 0 Å². The Labute approximate surface area is 223 Å². The molecule has 0 aliphatic rings. The molecule has 6 aromatic rings. The van der Waals surface area contributed by atoms with Crippen molar-refractivity contribution in [2.75, 3.05) is 0 Å². The van der Waals surface area contributed by atoms with Gasteiger partial charge < -0.3 is 0 Å². The molecule has 6 rings (SSSR count). The summed E-state index contributed by atoms with van der Waals surface area (Å²) in [5.74, 6) is 0. The van der Waals surface area contributed by atoms with Gasteiger partial charge in [0.1, 0.15) is 0 Å². The molecule has 0 aliphatic carbocycles. The van der Waals surface area contributed by atoms with Gasteiger partial charge in [0.05, 0.1) is 0 Å². The lowest BCUT2D eigenvalue weighted by atomic mass is 9.95. The lowest BCUT2D eigenvalue weighted by molar-refractivity contribution is 1.40. The first kappa shape index (κ1) is 23.1. The molecule has 0 aromatic heterocycles. The summed E-state index contributed by atoms with van der Waals surface area (Å²) < 4.78 is 0. The Hall–Kier alpha value is -4.33. The third-order valence-electron chi connectivity index (χ3n) is 6.59. The van der Waals surface area contributed by atoms with Gasteiger partial charge in [0.25, 0.3) is 0 Å². The van der Waals surface area contributed by atoms with Crippen LogP contribution in [0.15, 0.2) is 168 Å². The third kappa shape index (κ3) is 5.14. The molecule has 0 radical (unpaired) electrons. The Bertz CT molecular complexity index is 1480. The predicted molar refractivity (Wildman–Crippen MR) is 159 cm³/mol. The van der Waals surface area contributed by atoms with Crippen LogP contribution >= 0.6 is 11.8 Å². The molecule has 0 amide bonds. The summed E-state index contributed by atoms with van der Waals surface area (Å²) in [5.41, 5.74) is 9.98. The zero-order valence-electron chi connectivity index (χ0n) is 20.4. The smallest absolute Gasteiger partial charge is 0.0122 e. The summed E-state index contributed by atoms with van der Waals surface area (Å²) in [6.07, 6.45) is 0. The third-order valence-corrected chi connectivity index (χ3v) is 7.61. The maximum absolute atomic E-state index is 2.23. The summed E-state index contributed by atoms with van der Waals surface area (Å²) in [6.45, 7) is 0. The highest BCUT2D eigenvalue weighted by molar-refractivity contribution is 7.99. The van der Waals surface area contributed by atoms with Gasteiger partial charge in [-0.05, 0) is 68.8 Å². The van der Waals surface area contributed by atoms with Gasteiger partial charge in [-0.15, -0.1) is 0 Å². The van der Waals surface area contributed by atoms with Crippen molar-refractivity contribution in [2.45, 2.75) is 9.79 Å². The Balaban J connectivity index is 1.22. The molecule has 0 unspecified atom stereocenters. The number of hydrogen-bond acceptors (Lipinski definition) is 1. The molecule has 176 valence electrons. The second-order valence-corrected chi connectivity index (χ2v) is 10.1. The van der Waals surface area contributed by atoms with E-state index in [0.29, 0.717) is 0 Å². The second-order valence-electron chi connectivity index (χ2n) is 8.97. The van der Waals surface area contributed by atoms with E-state index in [0.717, 1.165) is 0 Å². The monoisotopic (exact) mass is 490 g/mol. The van der Waals surface area contributed by atoms with E-state index in [1.807, 2.05) is 0 Å². The van der Waals surface area contributed by atoms with E-state index in [4.69, 9.17) is 0 Å². The molecule has 0 nitrogen and oxygen atoms in total. The topological polar surface area (TPSA) is 0 Å². The molecule has 0 heterocycles. The summed E-state index contributed by atoms with van der Waals surface area (Å²) in [7, 11) is 0. The van der Waals surface area contributed by atoms with Crippen molar-refractivity contribution in [1.29, 1.82) is 0 Å². The summed E-state index contributed by atoms with van der Waals surface area (Å²) in [4.78, 5) is 2.47. The minimum Gasteiger partial charge on any atom is -0.0901 e. The Kier molecular flexibility index (Phi) is 6.70. The van der Waals surface area contributed by atoms with Gasteiger partial charge in [-0.3, -0.25) is 0 Å². The largest absolute Gasteiger partial charge is 0.0901 e. The fourth-order valence-corrected chi connectivity index (χ4v) is 5.57. The van der Waals surface area contributed by atoms with Gasteiger partial charge >= 0.3 is 0 Å². The molecule has 0 saturated heterocycles. The van der Waals surface area contributed by atoms with Gasteiger partial charge in [0, 0.05) is 9.79 Å². The number of rotatable bonds is 6. The van der Waals surface area contributed by atoms with E-state index < -0.39 is 0 Å². The van der Waals surface area contributed by atoms with Crippen LogP contribution in [0.5, 0.6) is 0 Å². The molecule has 37 heavy (non-hydrogen) atoms. The van der Waals surface area contributed by atoms with Crippen molar-refractivity contribution < 1.29 is 0 Å². The number of hydrogen-bond donors (Lipinski definition) is 0. The summed E-state index contributed by atoms with van der Waals surface area (Å²) >= 11 is 1.80. The van der Waals surface area contributed by atoms with Crippen molar-refractivity contribution in [3.05, 3.63) is 158 Å². The van der Waals surface area contributed by atoms with Crippen molar-refractivity contribution in [1.82, 2.24) is 0 Å². The standard InChI is InChI=1S/C36H26S/c1-3-11-27(12-4-1)33-15-7-9-17-35(33)29-19-23-31(24-20-29)37-32-25-21-30(22-26-32)36-18-10-8-16-34(36)28-13-5-2-6-14-28/h1-26H. The Morgan fingerprint density at radius 3 is 0.838 bits per heavy atom. The highest BCUT2D eigenvalue weighted by Gasteiger charge is 2.09. The Morgan fingerprint density at radius 1 is 0.243 bits per heavy atom. The van der Waals surface area contributed by atoms with Crippen LogP contribution in [0.3, 0.4) is 0 Å². The summed E-state index contributed by atoms with van der Waals surface area (Å²) in [5, 5.41) is 0. The minimum atomic E-state index is 1.23. The highest BCUT2D eigenvalue weighted by atomic mass is 32.2. The normalized spacial score (nSPS) is 10.8. The van der Waals surface area contributed by atoms with Crippen molar-refractivity contribution in [3.63, 3.8) is 0 Å². The molecule has 0 atom stereocenters. The average Bonchev–Trinajstić information content (AvgIpc) is 2.99. The summed E-state index contributed by atoms with van der Waals surface area (Å²) in [6, 6.07) is 56.3. The second kappa shape index (κ2) is 10.7. The molecular weight excluding hydrogens is 464 g/mol. The quantitative estimate of drug-likeness (QED) is 0.224. The van der Waals surface area contributed by atoms with Gasteiger partial charge in [-0.25, -0.2) is 0 Å². The van der Waals surface area contributed by atoms with Crippen LogP contribution in [0.25, 0.3) is 44.5 Å². The van der Waals surface area contributed by atoms with E-state index >= 15 is 0 Å². The van der Waals surface area contributed by atoms with Crippen LogP contribution in [-0.2, 0) is 0 Å². The van der Waals surface area contributed by atoms with E-state index in [2.05, 4.69) is 158 Å². The van der Waals surface area contributed by atoms with Crippen LogP contribution in [0.2, 0.25) is 0 Å². The molecule has 0 spiro atoms.